The molecule has 0 saturated heterocycles. The van der Waals surface area contributed by atoms with Crippen molar-refractivity contribution in [1.82, 2.24) is 4.90 Å². The second-order valence-electron chi connectivity index (χ2n) is 6.33. The van der Waals surface area contributed by atoms with Gasteiger partial charge in [-0.25, -0.2) is 0 Å². The van der Waals surface area contributed by atoms with Gasteiger partial charge < -0.3 is 15.8 Å². The number of ether oxygens (including phenoxy) is 1. The van der Waals surface area contributed by atoms with Crippen molar-refractivity contribution in [2.24, 2.45) is 10.7 Å². The molecule has 0 fully saturated rings. The van der Waals surface area contributed by atoms with Crippen molar-refractivity contribution in [3.63, 3.8) is 0 Å². The number of anilines is 1. The maximum absolute atomic E-state index is 12.5. The van der Waals surface area contributed by atoms with Gasteiger partial charge in [-0.05, 0) is 42.5 Å². The molecule has 0 amide bonds. The van der Waals surface area contributed by atoms with Crippen LogP contribution in [0.25, 0.3) is 0 Å². The molecule has 28 heavy (non-hydrogen) atoms. The van der Waals surface area contributed by atoms with Crippen LogP contribution in [0.5, 0.6) is 5.75 Å². The molecule has 154 valence electrons. The van der Waals surface area contributed by atoms with Crippen molar-refractivity contribution in [2.75, 3.05) is 18.4 Å². The summed E-state index contributed by atoms with van der Waals surface area (Å²) >= 11 is 1.79. The van der Waals surface area contributed by atoms with Crippen LogP contribution >= 0.6 is 35.3 Å². The van der Waals surface area contributed by atoms with Crippen molar-refractivity contribution in [3.05, 3.63) is 46.2 Å². The fourth-order valence-corrected chi connectivity index (χ4v) is 3.84. The third kappa shape index (κ3) is 6.24. The SMILES string of the molecule is CC(CN=C(N)Nc1ccccc1OC(F)(F)F)N1CCc2sccc2C1.I. The molecule has 3 N–H and O–H groups in total. The molecule has 1 aromatic heterocycles. The number of aliphatic imine (C=N–C) groups is 1. The van der Waals surface area contributed by atoms with Gasteiger partial charge in [0, 0.05) is 24.0 Å². The number of nitrogens with zero attached hydrogens (tertiary/aromatic N) is 2. The maximum atomic E-state index is 12.5. The molecule has 2 heterocycles. The molecule has 0 bridgehead atoms. The van der Waals surface area contributed by atoms with Gasteiger partial charge in [0.25, 0.3) is 0 Å². The smallest absolute Gasteiger partial charge is 0.404 e. The third-order valence-corrected chi connectivity index (χ3v) is 5.38. The molecule has 0 aliphatic carbocycles. The standard InChI is InChI=1S/C18H21F3N4OS.HI/c1-12(25-8-6-16-13(11-25)7-9-27-16)10-23-17(22)24-14-4-2-3-5-15(14)26-18(19,20)21;/h2-5,7,9,12H,6,8,10-11H2,1H3,(H3,22,23,24);1H. The summed E-state index contributed by atoms with van der Waals surface area (Å²) in [6.07, 6.45) is -3.75. The van der Waals surface area contributed by atoms with Crippen molar-refractivity contribution in [2.45, 2.75) is 32.3 Å². The molecule has 1 aliphatic heterocycles. The minimum atomic E-state index is -4.77. The zero-order valence-corrected chi connectivity index (χ0v) is 18.3. The van der Waals surface area contributed by atoms with Crippen molar-refractivity contribution in [3.8, 4) is 5.75 Å². The molecule has 1 unspecified atom stereocenters. The van der Waals surface area contributed by atoms with Gasteiger partial charge in [0.2, 0.25) is 0 Å². The molecule has 0 radical (unpaired) electrons. The predicted molar refractivity (Wildman–Crippen MR) is 117 cm³/mol. The number of benzene rings is 1. The van der Waals surface area contributed by atoms with E-state index in [4.69, 9.17) is 5.73 Å². The summed E-state index contributed by atoms with van der Waals surface area (Å²) in [6.45, 7) is 4.35. The quantitative estimate of drug-likeness (QED) is 0.344. The van der Waals surface area contributed by atoms with Crippen LogP contribution in [0, 0.1) is 0 Å². The van der Waals surface area contributed by atoms with Crippen LogP contribution in [0.3, 0.4) is 0 Å². The molecular weight excluding hydrogens is 504 g/mol. The van der Waals surface area contributed by atoms with Crippen molar-refractivity contribution in [1.29, 1.82) is 0 Å². The Morgan fingerprint density at radius 3 is 2.86 bits per heavy atom. The Morgan fingerprint density at radius 1 is 1.36 bits per heavy atom. The van der Waals surface area contributed by atoms with Crippen LogP contribution < -0.4 is 15.8 Å². The molecular formula is C18H22F3IN4OS. The number of nitrogens with one attached hydrogen (secondary N) is 1. The topological polar surface area (TPSA) is 62.9 Å². The number of thiophene rings is 1. The van der Waals surface area contributed by atoms with E-state index < -0.39 is 6.36 Å². The van der Waals surface area contributed by atoms with Crippen molar-refractivity contribution < 1.29 is 17.9 Å². The van der Waals surface area contributed by atoms with Gasteiger partial charge in [0.1, 0.15) is 0 Å². The lowest BCUT2D eigenvalue weighted by Crippen LogP contribution is -2.39. The van der Waals surface area contributed by atoms with E-state index in [1.165, 1.54) is 28.6 Å². The predicted octanol–water partition coefficient (Wildman–Crippen LogP) is 4.44. The summed E-state index contributed by atoms with van der Waals surface area (Å²) in [6, 6.07) is 8.04. The Kier molecular flexibility index (Phi) is 7.96. The molecule has 1 atom stereocenters. The summed E-state index contributed by atoms with van der Waals surface area (Å²) in [5, 5.41) is 4.80. The van der Waals surface area contributed by atoms with E-state index in [-0.39, 0.29) is 47.4 Å². The maximum Gasteiger partial charge on any atom is 0.573 e. The fourth-order valence-electron chi connectivity index (χ4n) is 2.95. The highest BCUT2D eigenvalue weighted by Crippen LogP contribution is 2.30. The van der Waals surface area contributed by atoms with E-state index in [1.807, 2.05) is 0 Å². The van der Waals surface area contributed by atoms with Crippen LogP contribution in [0.15, 0.2) is 40.7 Å². The van der Waals surface area contributed by atoms with E-state index in [9.17, 15) is 13.2 Å². The number of para-hydroxylation sites is 2. The zero-order chi connectivity index (χ0) is 19.4. The van der Waals surface area contributed by atoms with E-state index in [1.54, 1.807) is 17.4 Å². The molecule has 0 spiro atoms. The Bertz CT molecular complexity index is 812. The highest BCUT2D eigenvalue weighted by molar-refractivity contribution is 14.0. The van der Waals surface area contributed by atoms with Gasteiger partial charge in [-0.1, -0.05) is 12.1 Å². The lowest BCUT2D eigenvalue weighted by atomic mass is 10.1. The number of fused-ring (bicyclic) bond motifs is 1. The first kappa shape index (κ1) is 22.8. The molecule has 0 saturated carbocycles. The number of nitrogens with two attached hydrogens (primary N) is 1. The Hall–Kier alpha value is -1.53. The summed E-state index contributed by atoms with van der Waals surface area (Å²) in [5.74, 6) is -0.300. The highest BCUT2D eigenvalue weighted by Gasteiger charge is 2.32. The monoisotopic (exact) mass is 526 g/mol. The first-order valence-electron chi connectivity index (χ1n) is 8.53. The third-order valence-electron chi connectivity index (χ3n) is 4.36. The Morgan fingerprint density at radius 2 is 2.11 bits per heavy atom. The first-order valence-corrected chi connectivity index (χ1v) is 9.41. The van der Waals surface area contributed by atoms with E-state index in [0.717, 1.165) is 19.5 Å². The average Bonchev–Trinajstić information content (AvgIpc) is 3.08. The molecule has 1 aromatic carbocycles. The van der Waals surface area contributed by atoms with E-state index >= 15 is 0 Å². The molecule has 5 nitrogen and oxygen atoms in total. The van der Waals surface area contributed by atoms with Crippen LogP contribution in [-0.4, -0.2) is 36.4 Å². The average molecular weight is 526 g/mol. The van der Waals surface area contributed by atoms with Gasteiger partial charge in [0.15, 0.2) is 11.7 Å². The number of guanidine groups is 1. The fraction of sp³-hybridized carbons (Fsp3) is 0.389. The summed E-state index contributed by atoms with van der Waals surface area (Å²) in [4.78, 5) is 8.04. The summed E-state index contributed by atoms with van der Waals surface area (Å²) in [5.41, 5.74) is 7.33. The number of hydrogen-bond donors (Lipinski definition) is 2. The van der Waals surface area contributed by atoms with Crippen LogP contribution in [-0.2, 0) is 13.0 Å². The first-order chi connectivity index (χ1) is 12.8. The normalized spacial score (nSPS) is 16.1. The minimum absolute atomic E-state index is 0. The highest BCUT2D eigenvalue weighted by atomic mass is 127. The Balaban J connectivity index is 0.00000280. The van der Waals surface area contributed by atoms with Gasteiger partial charge in [0.05, 0.1) is 12.2 Å². The second-order valence-corrected chi connectivity index (χ2v) is 7.33. The van der Waals surface area contributed by atoms with E-state index in [0.29, 0.717) is 6.54 Å². The number of hydrogen-bond acceptors (Lipinski definition) is 4. The zero-order valence-electron chi connectivity index (χ0n) is 15.2. The molecule has 2 aromatic rings. The number of alkyl halides is 3. The molecule has 10 heteroatoms. The van der Waals surface area contributed by atoms with Crippen molar-refractivity contribution >= 4 is 47.0 Å². The Labute approximate surface area is 182 Å². The van der Waals surface area contributed by atoms with Crippen LogP contribution in [0.4, 0.5) is 18.9 Å². The van der Waals surface area contributed by atoms with E-state index in [2.05, 4.69) is 38.3 Å². The lowest BCUT2D eigenvalue weighted by molar-refractivity contribution is -0.274. The number of halogens is 4. The minimum Gasteiger partial charge on any atom is -0.404 e. The molecule has 3 rings (SSSR count). The molecule has 1 aliphatic rings. The second kappa shape index (κ2) is 9.79. The lowest BCUT2D eigenvalue weighted by Gasteiger charge is -2.31. The van der Waals surface area contributed by atoms with Gasteiger partial charge >= 0.3 is 6.36 Å². The summed E-state index contributed by atoms with van der Waals surface area (Å²) < 4.78 is 41.5. The van der Waals surface area contributed by atoms with Gasteiger partial charge in [-0.15, -0.1) is 48.5 Å². The largest absolute Gasteiger partial charge is 0.573 e. The van der Waals surface area contributed by atoms with Gasteiger partial charge in [-0.3, -0.25) is 9.89 Å². The van der Waals surface area contributed by atoms with Crippen LogP contribution in [0.2, 0.25) is 0 Å². The van der Waals surface area contributed by atoms with Gasteiger partial charge in [-0.2, -0.15) is 0 Å². The summed E-state index contributed by atoms with van der Waals surface area (Å²) in [7, 11) is 0. The van der Waals surface area contributed by atoms with Crippen LogP contribution in [0.1, 0.15) is 17.4 Å². The number of rotatable bonds is 5.